The Balaban J connectivity index is 0.00000361. The zero-order valence-electron chi connectivity index (χ0n) is 12.6. The second kappa shape index (κ2) is 8.47. The number of rotatable bonds is 5. The summed E-state index contributed by atoms with van der Waals surface area (Å²) in [4.78, 5) is 24.1. The van der Waals surface area contributed by atoms with Gasteiger partial charge >= 0.3 is 5.97 Å². The second-order valence-electron chi connectivity index (χ2n) is 5.64. The maximum absolute atomic E-state index is 12.1. The standard InChI is InChI=1S/C14H26N2O3.ClH/c1-4-5-11(15)12(17)16-14(13(18)19-3)8-6-10(2)7-9-14;/h10-11H,4-9,15H2,1-3H3,(H,16,17);1H. The van der Waals surface area contributed by atoms with Crippen molar-refractivity contribution in [2.75, 3.05) is 7.11 Å². The lowest BCUT2D eigenvalue weighted by molar-refractivity contribution is -0.153. The monoisotopic (exact) mass is 306 g/mol. The van der Waals surface area contributed by atoms with E-state index in [0.29, 0.717) is 25.2 Å². The highest BCUT2D eigenvalue weighted by Gasteiger charge is 2.43. The van der Waals surface area contributed by atoms with Crippen LogP contribution < -0.4 is 11.1 Å². The fourth-order valence-electron chi connectivity index (χ4n) is 2.60. The number of nitrogens with one attached hydrogen (secondary N) is 1. The fourth-order valence-corrected chi connectivity index (χ4v) is 2.60. The Bertz CT molecular complexity index is 328. The van der Waals surface area contributed by atoms with Gasteiger partial charge in [0.15, 0.2) is 0 Å². The molecule has 3 N–H and O–H groups in total. The summed E-state index contributed by atoms with van der Waals surface area (Å²) in [5.41, 5.74) is 4.94. The quantitative estimate of drug-likeness (QED) is 0.759. The van der Waals surface area contributed by atoms with Crippen LogP contribution in [0.5, 0.6) is 0 Å². The van der Waals surface area contributed by atoms with Crippen LogP contribution in [0.25, 0.3) is 0 Å². The van der Waals surface area contributed by atoms with Gasteiger partial charge in [-0.1, -0.05) is 20.3 Å². The van der Waals surface area contributed by atoms with E-state index in [2.05, 4.69) is 12.2 Å². The molecule has 1 atom stereocenters. The van der Waals surface area contributed by atoms with Crippen LogP contribution in [0.3, 0.4) is 0 Å². The first-order chi connectivity index (χ1) is 8.95. The minimum atomic E-state index is -0.871. The van der Waals surface area contributed by atoms with Gasteiger partial charge in [0, 0.05) is 0 Å². The Kier molecular flexibility index (Phi) is 8.13. The SMILES string of the molecule is CCCC(N)C(=O)NC1(C(=O)OC)CCC(C)CC1.Cl. The number of ether oxygens (including phenoxy) is 1. The largest absolute Gasteiger partial charge is 0.467 e. The van der Waals surface area contributed by atoms with E-state index in [1.54, 1.807) is 0 Å². The Morgan fingerprint density at radius 3 is 2.40 bits per heavy atom. The number of hydrogen-bond acceptors (Lipinski definition) is 4. The summed E-state index contributed by atoms with van der Waals surface area (Å²) < 4.78 is 4.87. The van der Waals surface area contributed by atoms with Gasteiger partial charge in [0.25, 0.3) is 0 Å². The maximum Gasteiger partial charge on any atom is 0.331 e. The zero-order valence-corrected chi connectivity index (χ0v) is 13.4. The molecule has 0 saturated heterocycles. The smallest absolute Gasteiger partial charge is 0.331 e. The number of hydrogen-bond donors (Lipinski definition) is 2. The van der Waals surface area contributed by atoms with Crippen molar-refractivity contribution in [3.05, 3.63) is 0 Å². The van der Waals surface area contributed by atoms with Gasteiger partial charge in [-0.2, -0.15) is 0 Å². The summed E-state index contributed by atoms with van der Waals surface area (Å²) in [6.45, 7) is 4.14. The number of nitrogens with two attached hydrogens (primary N) is 1. The van der Waals surface area contributed by atoms with Crippen molar-refractivity contribution in [3.8, 4) is 0 Å². The number of esters is 1. The van der Waals surface area contributed by atoms with Crippen molar-refractivity contribution >= 4 is 24.3 Å². The van der Waals surface area contributed by atoms with E-state index in [1.165, 1.54) is 7.11 Å². The molecule has 0 heterocycles. The molecule has 0 aliphatic heterocycles. The summed E-state index contributed by atoms with van der Waals surface area (Å²) in [7, 11) is 1.36. The second-order valence-corrected chi connectivity index (χ2v) is 5.64. The fraction of sp³-hybridized carbons (Fsp3) is 0.857. The molecule has 0 aromatic rings. The van der Waals surface area contributed by atoms with Crippen molar-refractivity contribution in [2.24, 2.45) is 11.7 Å². The molecule has 1 unspecified atom stereocenters. The van der Waals surface area contributed by atoms with Crippen LogP contribution in [0.4, 0.5) is 0 Å². The van der Waals surface area contributed by atoms with Crippen LogP contribution in [-0.4, -0.2) is 30.6 Å². The molecule has 1 aliphatic carbocycles. The number of halogens is 1. The van der Waals surface area contributed by atoms with E-state index >= 15 is 0 Å². The Morgan fingerprint density at radius 2 is 1.95 bits per heavy atom. The summed E-state index contributed by atoms with van der Waals surface area (Å²) in [6.07, 6.45) is 4.56. The average molecular weight is 307 g/mol. The van der Waals surface area contributed by atoms with Crippen LogP contribution in [0.1, 0.15) is 52.4 Å². The van der Waals surface area contributed by atoms with Crippen molar-refractivity contribution in [1.82, 2.24) is 5.32 Å². The molecule has 1 rings (SSSR count). The number of methoxy groups -OCH3 is 1. The number of carbonyl (C=O) groups is 2. The number of amides is 1. The van der Waals surface area contributed by atoms with Gasteiger partial charge in [-0.05, 0) is 38.0 Å². The molecule has 0 spiro atoms. The first-order valence-electron chi connectivity index (χ1n) is 7.11. The summed E-state index contributed by atoms with van der Waals surface area (Å²) in [6, 6.07) is -0.550. The van der Waals surface area contributed by atoms with Crippen molar-refractivity contribution in [3.63, 3.8) is 0 Å². The number of carbonyl (C=O) groups excluding carboxylic acids is 2. The van der Waals surface area contributed by atoms with Crippen LogP contribution in [0, 0.1) is 5.92 Å². The molecule has 0 aromatic heterocycles. The molecule has 0 radical (unpaired) electrons. The Hall–Kier alpha value is -0.810. The van der Waals surface area contributed by atoms with Crippen LogP contribution in [0.15, 0.2) is 0 Å². The first kappa shape index (κ1) is 19.2. The average Bonchev–Trinajstić information content (AvgIpc) is 2.40. The third-order valence-corrected chi connectivity index (χ3v) is 4.00. The molecule has 5 nitrogen and oxygen atoms in total. The van der Waals surface area contributed by atoms with Gasteiger partial charge in [-0.3, -0.25) is 4.79 Å². The highest BCUT2D eigenvalue weighted by molar-refractivity contribution is 5.90. The molecule has 6 heteroatoms. The van der Waals surface area contributed by atoms with E-state index in [-0.39, 0.29) is 24.3 Å². The van der Waals surface area contributed by atoms with Gasteiger partial charge in [0.1, 0.15) is 5.54 Å². The molecule has 20 heavy (non-hydrogen) atoms. The highest BCUT2D eigenvalue weighted by Crippen LogP contribution is 2.33. The highest BCUT2D eigenvalue weighted by atomic mass is 35.5. The van der Waals surface area contributed by atoms with Crippen molar-refractivity contribution in [2.45, 2.75) is 64.0 Å². The molecule has 1 aliphatic rings. The molecule has 0 bridgehead atoms. The van der Waals surface area contributed by atoms with E-state index in [4.69, 9.17) is 10.5 Å². The summed E-state index contributed by atoms with van der Waals surface area (Å²) in [5.74, 6) is -0.0164. The minimum Gasteiger partial charge on any atom is -0.467 e. The van der Waals surface area contributed by atoms with Crippen molar-refractivity contribution in [1.29, 1.82) is 0 Å². The topological polar surface area (TPSA) is 81.4 Å². The Morgan fingerprint density at radius 1 is 1.40 bits per heavy atom. The van der Waals surface area contributed by atoms with Crippen LogP contribution in [-0.2, 0) is 14.3 Å². The summed E-state index contributed by atoms with van der Waals surface area (Å²) in [5, 5.41) is 2.85. The van der Waals surface area contributed by atoms with Crippen molar-refractivity contribution < 1.29 is 14.3 Å². The van der Waals surface area contributed by atoms with E-state index in [9.17, 15) is 9.59 Å². The van der Waals surface area contributed by atoms with Gasteiger partial charge < -0.3 is 15.8 Å². The van der Waals surface area contributed by atoms with E-state index < -0.39 is 11.6 Å². The lowest BCUT2D eigenvalue weighted by Gasteiger charge is -2.38. The predicted molar refractivity (Wildman–Crippen MR) is 80.7 cm³/mol. The minimum absolute atomic E-state index is 0. The summed E-state index contributed by atoms with van der Waals surface area (Å²) >= 11 is 0. The van der Waals surface area contributed by atoms with E-state index in [0.717, 1.165) is 19.3 Å². The maximum atomic E-state index is 12.1. The van der Waals surface area contributed by atoms with Gasteiger partial charge in [0.05, 0.1) is 13.2 Å². The van der Waals surface area contributed by atoms with Gasteiger partial charge in [0.2, 0.25) is 5.91 Å². The normalized spacial score (nSPS) is 27.1. The van der Waals surface area contributed by atoms with Crippen LogP contribution >= 0.6 is 12.4 Å². The third-order valence-electron chi connectivity index (χ3n) is 4.00. The molecule has 1 amide bonds. The lowest BCUT2D eigenvalue weighted by Crippen LogP contribution is -2.59. The third kappa shape index (κ3) is 4.63. The van der Waals surface area contributed by atoms with Gasteiger partial charge in [-0.25, -0.2) is 4.79 Å². The molecular weight excluding hydrogens is 280 g/mol. The molecular formula is C14H27ClN2O3. The lowest BCUT2D eigenvalue weighted by atomic mass is 9.77. The van der Waals surface area contributed by atoms with E-state index in [1.807, 2.05) is 6.92 Å². The Labute approximate surface area is 127 Å². The van der Waals surface area contributed by atoms with Crippen LogP contribution in [0.2, 0.25) is 0 Å². The molecule has 118 valence electrons. The van der Waals surface area contributed by atoms with Gasteiger partial charge in [-0.15, -0.1) is 12.4 Å². The molecule has 1 saturated carbocycles. The first-order valence-corrected chi connectivity index (χ1v) is 7.11. The molecule has 1 fully saturated rings. The predicted octanol–water partition coefficient (Wildman–Crippen LogP) is 1.77. The zero-order chi connectivity index (χ0) is 14.5. The molecule has 0 aromatic carbocycles.